The van der Waals surface area contributed by atoms with Gasteiger partial charge in [0.25, 0.3) is 0 Å². The Hall–Kier alpha value is -0.330. The smallest absolute Gasteiger partial charge is 0.136 e. The van der Waals surface area contributed by atoms with Gasteiger partial charge in [0.05, 0.1) is 0 Å². The Morgan fingerprint density at radius 2 is 1.95 bits per heavy atom. The van der Waals surface area contributed by atoms with Gasteiger partial charge in [0.15, 0.2) is 0 Å². The van der Waals surface area contributed by atoms with Crippen molar-refractivity contribution >= 4 is 5.78 Å². The van der Waals surface area contributed by atoms with Crippen LogP contribution in [0.1, 0.15) is 79.1 Å². The van der Waals surface area contributed by atoms with Crippen LogP contribution in [-0.2, 0) is 4.79 Å². The molecule has 0 aliphatic heterocycles. The van der Waals surface area contributed by atoms with E-state index >= 15 is 0 Å². The second-order valence-corrected chi connectivity index (χ2v) is 7.86. The third-order valence-electron chi connectivity index (χ3n) is 6.06. The molecule has 0 spiro atoms. The summed E-state index contributed by atoms with van der Waals surface area (Å²) >= 11 is 0. The molecule has 0 aromatic carbocycles. The molecule has 2 saturated carbocycles. The van der Waals surface area contributed by atoms with Crippen LogP contribution in [0.3, 0.4) is 0 Å². The van der Waals surface area contributed by atoms with Crippen molar-refractivity contribution in [3.8, 4) is 0 Å². The highest BCUT2D eigenvalue weighted by atomic mass is 16.1. The van der Waals surface area contributed by atoms with E-state index in [2.05, 4.69) is 27.7 Å². The van der Waals surface area contributed by atoms with E-state index in [0.717, 1.165) is 30.6 Å². The zero-order valence-corrected chi connectivity index (χ0v) is 13.4. The highest BCUT2D eigenvalue weighted by Crippen LogP contribution is 2.57. The Labute approximate surface area is 119 Å². The highest BCUT2D eigenvalue weighted by Gasteiger charge is 2.52. The lowest BCUT2D eigenvalue weighted by atomic mass is 9.62. The maximum Gasteiger partial charge on any atom is 0.136 e. The molecule has 0 bridgehead atoms. The van der Waals surface area contributed by atoms with Crippen molar-refractivity contribution in [3.63, 3.8) is 0 Å². The van der Waals surface area contributed by atoms with Crippen molar-refractivity contribution in [2.75, 3.05) is 0 Å². The fraction of sp³-hybridized carbons (Fsp3) is 0.944. The van der Waals surface area contributed by atoms with Crippen LogP contribution in [0.2, 0.25) is 0 Å². The van der Waals surface area contributed by atoms with Crippen LogP contribution in [0.5, 0.6) is 0 Å². The third-order valence-corrected chi connectivity index (χ3v) is 6.06. The van der Waals surface area contributed by atoms with E-state index in [4.69, 9.17) is 0 Å². The molecule has 2 fully saturated rings. The molecule has 19 heavy (non-hydrogen) atoms. The fourth-order valence-electron chi connectivity index (χ4n) is 4.95. The Kier molecular flexibility index (Phi) is 4.74. The average Bonchev–Trinajstić information content (AvgIpc) is 2.67. The minimum absolute atomic E-state index is 0.340. The normalized spacial score (nSPS) is 36.6. The van der Waals surface area contributed by atoms with Crippen LogP contribution in [0.15, 0.2) is 0 Å². The van der Waals surface area contributed by atoms with Crippen LogP contribution in [0.25, 0.3) is 0 Å². The molecule has 0 amide bonds. The lowest BCUT2D eigenvalue weighted by Gasteiger charge is -2.42. The van der Waals surface area contributed by atoms with Crippen LogP contribution in [0, 0.1) is 29.1 Å². The van der Waals surface area contributed by atoms with Gasteiger partial charge in [-0.05, 0) is 48.9 Å². The highest BCUT2D eigenvalue weighted by molar-refractivity contribution is 5.83. The van der Waals surface area contributed by atoms with Gasteiger partial charge < -0.3 is 0 Å². The molecule has 0 heterocycles. The van der Waals surface area contributed by atoms with E-state index in [-0.39, 0.29) is 0 Å². The number of hydrogen-bond acceptors (Lipinski definition) is 1. The molecule has 0 aromatic rings. The van der Waals surface area contributed by atoms with Crippen LogP contribution in [-0.4, -0.2) is 5.78 Å². The van der Waals surface area contributed by atoms with Gasteiger partial charge in [0, 0.05) is 12.3 Å². The molecule has 0 saturated heterocycles. The monoisotopic (exact) mass is 264 g/mol. The standard InChI is InChI=1S/C18H32O/c1-13(2)7-5-8-14(3)15-10-11-16-17(19)9-6-12-18(15,16)4/h13-16H,5-12H2,1-4H3/t14-,15?,16?,18+/m0/s1. The first-order valence-electron chi connectivity index (χ1n) is 8.48. The van der Waals surface area contributed by atoms with Crippen molar-refractivity contribution in [2.45, 2.75) is 79.1 Å². The minimum Gasteiger partial charge on any atom is -0.299 e. The summed E-state index contributed by atoms with van der Waals surface area (Å²) in [5, 5.41) is 0. The number of rotatable bonds is 5. The summed E-state index contributed by atoms with van der Waals surface area (Å²) in [6, 6.07) is 0. The molecule has 2 aliphatic carbocycles. The van der Waals surface area contributed by atoms with E-state index in [0.29, 0.717) is 17.1 Å². The SMILES string of the molecule is CC(C)CCC[C@H](C)C1CCC2C(=O)CCC[C@@]21C. The quantitative estimate of drug-likeness (QED) is 0.664. The summed E-state index contributed by atoms with van der Waals surface area (Å²) in [6.07, 6.45) is 9.85. The van der Waals surface area contributed by atoms with Gasteiger partial charge in [-0.3, -0.25) is 4.79 Å². The Bertz CT molecular complexity index is 320. The van der Waals surface area contributed by atoms with Gasteiger partial charge in [-0.2, -0.15) is 0 Å². The van der Waals surface area contributed by atoms with Gasteiger partial charge in [0.2, 0.25) is 0 Å². The van der Waals surface area contributed by atoms with Crippen molar-refractivity contribution in [1.29, 1.82) is 0 Å². The number of carbonyl (C=O) groups is 1. The van der Waals surface area contributed by atoms with E-state index < -0.39 is 0 Å². The summed E-state index contributed by atoms with van der Waals surface area (Å²) in [5.74, 6) is 3.41. The zero-order valence-electron chi connectivity index (χ0n) is 13.4. The number of hydrogen-bond donors (Lipinski definition) is 0. The van der Waals surface area contributed by atoms with Crippen LogP contribution < -0.4 is 0 Å². The molecule has 0 aromatic heterocycles. The van der Waals surface area contributed by atoms with E-state index in [9.17, 15) is 4.79 Å². The largest absolute Gasteiger partial charge is 0.299 e. The second-order valence-electron chi connectivity index (χ2n) is 7.86. The maximum absolute atomic E-state index is 12.2. The first-order chi connectivity index (χ1) is 8.95. The summed E-state index contributed by atoms with van der Waals surface area (Å²) in [6.45, 7) is 9.50. The molecule has 110 valence electrons. The topological polar surface area (TPSA) is 17.1 Å². The van der Waals surface area contributed by atoms with Crippen LogP contribution in [0.4, 0.5) is 0 Å². The molecule has 4 atom stereocenters. The second kappa shape index (κ2) is 5.97. The predicted molar refractivity (Wildman–Crippen MR) is 81.0 cm³/mol. The van der Waals surface area contributed by atoms with Crippen molar-refractivity contribution in [1.82, 2.24) is 0 Å². The first-order valence-corrected chi connectivity index (χ1v) is 8.48. The summed E-state index contributed by atoms with van der Waals surface area (Å²) in [5.41, 5.74) is 0.340. The summed E-state index contributed by atoms with van der Waals surface area (Å²) in [7, 11) is 0. The number of fused-ring (bicyclic) bond motifs is 1. The van der Waals surface area contributed by atoms with Gasteiger partial charge >= 0.3 is 0 Å². The fourth-order valence-corrected chi connectivity index (χ4v) is 4.95. The summed E-state index contributed by atoms with van der Waals surface area (Å²) < 4.78 is 0. The molecule has 0 radical (unpaired) electrons. The molecular weight excluding hydrogens is 232 g/mol. The minimum atomic E-state index is 0.340. The zero-order chi connectivity index (χ0) is 14.0. The Morgan fingerprint density at radius 1 is 1.21 bits per heavy atom. The van der Waals surface area contributed by atoms with Crippen molar-refractivity contribution < 1.29 is 4.79 Å². The molecule has 2 unspecified atom stereocenters. The van der Waals surface area contributed by atoms with Gasteiger partial charge in [-0.25, -0.2) is 0 Å². The van der Waals surface area contributed by atoms with E-state index in [1.165, 1.54) is 38.5 Å². The summed E-state index contributed by atoms with van der Waals surface area (Å²) in [4.78, 5) is 12.2. The molecule has 2 rings (SSSR count). The lowest BCUT2D eigenvalue weighted by Crippen LogP contribution is -2.39. The van der Waals surface area contributed by atoms with E-state index in [1.54, 1.807) is 0 Å². The Morgan fingerprint density at radius 3 is 2.63 bits per heavy atom. The van der Waals surface area contributed by atoms with E-state index in [1.807, 2.05) is 0 Å². The molecule has 2 aliphatic rings. The van der Waals surface area contributed by atoms with Crippen molar-refractivity contribution in [2.24, 2.45) is 29.1 Å². The molecule has 1 nitrogen and oxygen atoms in total. The number of ketones is 1. The van der Waals surface area contributed by atoms with Gasteiger partial charge in [0.1, 0.15) is 5.78 Å². The maximum atomic E-state index is 12.2. The van der Waals surface area contributed by atoms with Crippen molar-refractivity contribution in [3.05, 3.63) is 0 Å². The lowest BCUT2D eigenvalue weighted by molar-refractivity contribution is -0.130. The number of carbonyl (C=O) groups excluding carboxylic acids is 1. The van der Waals surface area contributed by atoms with Gasteiger partial charge in [-0.15, -0.1) is 0 Å². The Balaban J connectivity index is 1.95. The average molecular weight is 264 g/mol. The first kappa shape index (κ1) is 15.1. The molecule has 1 heteroatoms. The van der Waals surface area contributed by atoms with Crippen LogP contribution >= 0.6 is 0 Å². The predicted octanol–water partition coefficient (Wildman–Crippen LogP) is 5.23. The number of Topliss-reactive ketones (excluding diaryl/α,β-unsaturated/α-hetero) is 1. The van der Waals surface area contributed by atoms with Gasteiger partial charge in [-0.1, -0.05) is 47.0 Å². The third kappa shape index (κ3) is 3.06. The molecule has 0 N–H and O–H groups in total. The molecular formula is C18H32O.